The van der Waals surface area contributed by atoms with Gasteiger partial charge in [0.05, 0.1) is 16.1 Å². The molecule has 1 rings (SSSR count). The first-order chi connectivity index (χ1) is 5.66. The Balaban J connectivity index is 3.20. The molecule has 0 aliphatic carbocycles. The Labute approximate surface area is 81.0 Å². The molecule has 0 saturated carbocycles. The maximum absolute atomic E-state index is 5.83. The molecule has 0 aromatic carbocycles. The zero-order valence-corrected chi connectivity index (χ0v) is 7.81. The zero-order valence-electron chi connectivity index (χ0n) is 6.30. The first kappa shape index (κ1) is 9.52. The number of nitrogens with zero attached hydrogens (tertiary/aromatic N) is 1. The first-order valence-electron chi connectivity index (χ1n) is 3.34. The van der Waals surface area contributed by atoms with E-state index in [9.17, 15) is 0 Å². The minimum atomic E-state index is -0.340. The Bertz CT molecular complexity index is 279. The normalized spacial score (nSPS) is 12.6. The summed E-state index contributed by atoms with van der Waals surface area (Å²) in [4.78, 5) is 3.81. The Kier molecular flexibility index (Phi) is 3.09. The summed E-state index contributed by atoms with van der Waals surface area (Å²) in [6.45, 7) is 3.56. The van der Waals surface area contributed by atoms with Crippen LogP contribution in [0, 0.1) is 0 Å². The lowest BCUT2D eigenvalue weighted by Crippen LogP contribution is -2.08. The van der Waals surface area contributed by atoms with Crippen LogP contribution in [0.5, 0.6) is 0 Å². The van der Waals surface area contributed by atoms with E-state index in [1.165, 1.54) is 12.4 Å². The van der Waals surface area contributed by atoms with Crippen molar-refractivity contribution in [1.29, 1.82) is 0 Å². The molecule has 0 aliphatic heterocycles. The second-order valence-corrected chi connectivity index (χ2v) is 3.09. The third-order valence-electron chi connectivity index (χ3n) is 1.48. The van der Waals surface area contributed by atoms with E-state index in [0.717, 1.165) is 0 Å². The third-order valence-corrected chi connectivity index (χ3v) is 2.08. The average Bonchev–Trinajstić information content (AvgIpc) is 2.03. The molecule has 0 aliphatic rings. The van der Waals surface area contributed by atoms with Crippen molar-refractivity contribution in [3.63, 3.8) is 0 Å². The van der Waals surface area contributed by atoms with Crippen molar-refractivity contribution in [3.05, 3.63) is 40.7 Å². The van der Waals surface area contributed by atoms with Gasteiger partial charge in [-0.05, 0) is 0 Å². The molecule has 0 spiro atoms. The van der Waals surface area contributed by atoms with Crippen LogP contribution in [-0.2, 0) is 0 Å². The van der Waals surface area contributed by atoms with Crippen molar-refractivity contribution >= 4 is 23.2 Å². The third kappa shape index (κ3) is 1.78. The van der Waals surface area contributed by atoms with Gasteiger partial charge in [0.1, 0.15) is 0 Å². The van der Waals surface area contributed by atoms with Gasteiger partial charge in [0, 0.05) is 18.0 Å². The molecular weight excluding hydrogens is 195 g/mol. The number of pyridine rings is 1. The predicted octanol–water partition coefficient (Wildman–Crippen LogP) is 2.57. The fraction of sp³-hybridized carbons (Fsp3) is 0.125. The number of hydrogen-bond acceptors (Lipinski definition) is 2. The average molecular weight is 203 g/mol. The fourth-order valence-corrected chi connectivity index (χ4v) is 1.47. The Morgan fingerprint density at radius 1 is 1.42 bits per heavy atom. The fourth-order valence-electron chi connectivity index (χ4n) is 0.858. The summed E-state index contributed by atoms with van der Waals surface area (Å²) < 4.78 is 0. The molecule has 1 aromatic heterocycles. The maximum atomic E-state index is 5.83. The molecule has 0 fully saturated rings. The van der Waals surface area contributed by atoms with Gasteiger partial charge in [-0.1, -0.05) is 29.3 Å². The van der Waals surface area contributed by atoms with Gasteiger partial charge in [-0.25, -0.2) is 0 Å². The van der Waals surface area contributed by atoms with Gasteiger partial charge in [-0.15, -0.1) is 6.58 Å². The summed E-state index contributed by atoms with van der Waals surface area (Å²) >= 11 is 11.7. The van der Waals surface area contributed by atoms with E-state index in [1.807, 2.05) is 0 Å². The molecule has 12 heavy (non-hydrogen) atoms. The number of hydrogen-bond donors (Lipinski definition) is 1. The van der Waals surface area contributed by atoms with E-state index in [4.69, 9.17) is 28.9 Å². The molecular formula is C8H8Cl2N2. The predicted molar refractivity (Wildman–Crippen MR) is 51.4 cm³/mol. The van der Waals surface area contributed by atoms with Gasteiger partial charge in [-0.3, -0.25) is 4.98 Å². The number of nitrogens with two attached hydrogens (primary N) is 1. The highest BCUT2D eigenvalue weighted by molar-refractivity contribution is 6.35. The molecule has 2 nitrogen and oxygen atoms in total. The molecule has 1 heterocycles. The molecule has 0 saturated heterocycles. The van der Waals surface area contributed by atoms with Gasteiger partial charge in [0.2, 0.25) is 0 Å². The minimum absolute atomic E-state index is 0.340. The summed E-state index contributed by atoms with van der Waals surface area (Å²) in [7, 11) is 0. The quantitative estimate of drug-likeness (QED) is 0.750. The van der Waals surface area contributed by atoms with E-state index >= 15 is 0 Å². The Hall–Kier alpha value is -0.570. The summed E-state index contributed by atoms with van der Waals surface area (Å²) in [6, 6.07) is -0.340. The van der Waals surface area contributed by atoms with Crippen molar-refractivity contribution in [2.45, 2.75) is 6.04 Å². The van der Waals surface area contributed by atoms with Crippen LogP contribution in [0.3, 0.4) is 0 Å². The monoisotopic (exact) mass is 202 g/mol. The second kappa shape index (κ2) is 3.90. The van der Waals surface area contributed by atoms with Crippen LogP contribution in [0.2, 0.25) is 10.0 Å². The van der Waals surface area contributed by atoms with Crippen molar-refractivity contribution in [3.8, 4) is 0 Å². The van der Waals surface area contributed by atoms with Crippen molar-refractivity contribution in [2.75, 3.05) is 0 Å². The minimum Gasteiger partial charge on any atom is -0.321 e. The van der Waals surface area contributed by atoms with Crippen LogP contribution in [0.4, 0.5) is 0 Å². The van der Waals surface area contributed by atoms with E-state index in [0.29, 0.717) is 15.6 Å². The molecule has 4 heteroatoms. The smallest absolute Gasteiger partial charge is 0.0655 e. The standard InChI is InChI=1S/C8H8Cl2N2/c1-2-7(11)8-5(9)3-12-4-6(8)10/h2-4,7H,1,11H2/t7-/m0/s1. The highest BCUT2D eigenvalue weighted by atomic mass is 35.5. The lowest BCUT2D eigenvalue weighted by atomic mass is 10.1. The first-order valence-corrected chi connectivity index (χ1v) is 4.09. The lowest BCUT2D eigenvalue weighted by Gasteiger charge is -2.09. The molecule has 0 amide bonds. The zero-order chi connectivity index (χ0) is 9.14. The topological polar surface area (TPSA) is 38.9 Å². The van der Waals surface area contributed by atoms with E-state index in [-0.39, 0.29) is 6.04 Å². The van der Waals surface area contributed by atoms with Crippen molar-refractivity contribution in [2.24, 2.45) is 5.73 Å². The van der Waals surface area contributed by atoms with E-state index in [1.54, 1.807) is 6.08 Å². The van der Waals surface area contributed by atoms with E-state index < -0.39 is 0 Å². The molecule has 0 bridgehead atoms. The molecule has 1 aromatic rings. The summed E-state index contributed by atoms with van der Waals surface area (Å²) in [5.41, 5.74) is 6.35. The maximum Gasteiger partial charge on any atom is 0.0655 e. The molecule has 0 radical (unpaired) electrons. The van der Waals surface area contributed by atoms with Gasteiger partial charge >= 0.3 is 0 Å². The summed E-state index contributed by atoms with van der Waals surface area (Å²) in [6.07, 6.45) is 4.59. The van der Waals surface area contributed by atoms with Crippen molar-refractivity contribution in [1.82, 2.24) is 4.98 Å². The van der Waals surface area contributed by atoms with Crippen LogP contribution in [0.15, 0.2) is 25.0 Å². The second-order valence-electron chi connectivity index (χ2n) is 2.28. The molecule has 2 N–H and O–H groups in total. The molecule has 0 unspecified atom stereocenters. The van der Waals surface area contributed by atoms with Gasteiger partial charge in [0.15, 0.2) is 0 Å². The van der Waals surface area contributed by atoms with Gasteiger partial charge < -0.3 is 5.73 Å². The Morgan fingerprint density at radius 3 is 2.33 bits per heavy atom. The van der Waals surface area contributed by atoms with Crippen LogP contribution in [0.1, 0.15) is 11.6 Å². The molecule has 1 atom stereocenters. The van der Waals surface area contributed by atoms with Crippen molar-refractivity contribution < 1.29 is 0 Å². The SMILES string of the molecule is C=C[C@H](N)c1c(Cl)cncc1Cl. The van der Waals surface area contributed by atoms with Crippen LogP contribution < -0.4 is 5.73 Å². The van der Waals surface area contributed by atoms with Crippen LogP contribution >= 0.6 is 23.2 Å². The summed E-state index contributed by atoms with van der Waals surface area (Å²) in [5.74, 6) is 0. The number of halogens is 2. The van der Waals surface area contributed by atoms with Crippen LogP contribution in [0.25, 0.3) is 0 Å². The van der Waals surface area contributed by atoms with E-state index in [2.05, 4.69) is 11.6 Å². The number of rotatable bonds is 2. The molecule has 64 valence electrons. The summed E-state index contributed by atoms with van der Waals surface area (Å²) in [5, 5.41) is 0.935. The van der Waals surface area contributed by atoms with Gasteiger partial charge in [0.25, 0.3) is 0 Å². The Morgan fingerprint density at radius 2 is 1.92 bits per heavy atom. The van der Waals surface area contributed by atoms with Gasteiger partial charge in [-0.2, -0.15) is 0 Å². The highest BCUT2D eigenvalue weighted by Crippen LogP contribution is 2.28. The largest absolute Gasteiger partial charge is 0.321 e. The highest BCUT2D eigenvalue weighted by Gasteiger charge is 2.10. The number of aromatic nitrogens is 1. The van der Waals surface area contributed by atoms with Crippen LogP contribution in [-0.4, -0.2) is 4.98 Å². The lowest BCUT2D eigenvalue weighted by molar-refractivity contribution is 0.910.